The highest BCUT2D eigenvalue weighted by molar-refractivity contribution is 5.98. The molecule has 0 saturated carbocycles. The van der Waals surface area contributed by atoms with Crippen LogP contribution in [0.25, 0.3) is 22.2 Å². The van der Waals surface area contributed by atoms with Crippen molar-refractivity contribution in [3.05, 3.63) is 47.9 Å². The number of aryl methyl sites for hydroxylation is 1. The van der Waals surface area contributed by atoms with Crippen LogP contribution in [0.5, 0.6) is 5.75 Å². The average molecular weight is 379 g/mol. The minimum absolute atomic E-state index is 0.0778. The van der Waals surface area contributed by atoms with Crippen molar-refractivity contribution in [3.63, 3.8) is 0 Å². The number of primary amides is 1. The number of methoxy groups -OCH3 is 1. The van der Waals surface area contributed by atoms with Crippen LogP contribution in [0.3, 0.4) is 0 Å². The maximum Gasteiger partial charge on any atom is 0.227 e. The Bertz CT molecular complexity index is 1010. The Labute approximate surface area is 164 Å². The predicted molar refractivity (Wildman–Crippen MR) is 108 cm³/mol. The first-order valence-corrected chi connectivity index (χ1v) is 9.61. The second-order valence-corrected chi connectivity index (χ2v) is 7.36. The van der Waals surface area contributed by atoms with Crippen LogP contribution in [0.4, 0.5) is 0 Å². The summed E-state index contributed by atoms with van der Waals surface area (Å²) in [7, 11) is 1.67. The molecule has 1 amide bonds. The van der Waals surface area contributed by atoms with Crippen molar-refractivity contribution in [1.82, 2.24) is 9.88 Å². The number of carbonyl (C=O) groups excluding carboxylic acids is 1. The molecule has 1 atom stereocenters. The van der Waals surface area contributed by atoms with Crippen LogP contribution in [0.15, 0.2) is 40.8 Å². The van der Waals surface area contributed by atoms with E-state index in [1.165, 1.54) is 0 Å². The third-order valence-corrected chi connectivity index (χ3v) is 5.51. The van der Waals surface area contributed by atoms with E-state index >= 15 is 0 Å². The Kier molecular flexibility index (Phi) is 5.05. The van der Waals surface area contributed by atoms with Gasteiger partial charge in [0, 0.05) is 24.0 Å². The number of likely N-dealkylation sites (tertiary alicyclic amines) is 1. The maximum atomic E-state index is 11.5. The quantitative estimate of drug-likeness (QED) is 0.734. The highest BCUT2D eigenvalue weighted by Gasteiger charge is 2.25. The first-order valence-electron chi connectivity index (χ1n) is 9.61. The summed E-state index contributed by atoms with van der Waals surface area (Å²) >= 11 is 0. The smallest absolute Gasteiger partial charge is 0.227 e. The number of benzene rings is 2. The predicted octanol–water partition coefficient (Wildman–Crippen LogP) is 3.51. The summed E-state index contributed by atoms with van der Waals surface area (Å²) in [5.41, 5.74) is 7.35. The van der Waals surface area contributed by atoms with E-state index in [1.807, 2.05) is 37.3 Å². The summed E-state index contributed by atoms with van der Waals surface area (Å²) in [6, 6.07) is 12.0. The number of amides is 1. The fourth-order valence-electron chi connectivity index (χ4n) is 3.97. The van der Waals surface area contributed by atoms with Gasteiger partial charge in [0.1, 0.15) is 11.5 Å². The van der Waals surface area contributed by atoms with Gasteiger partial charge in [0.2, 0.25) is 11.8 Å². The van der Waals surface area contributed by atoms with E-state index in [2.05, 4.69) is 11.0 Å². The van der Waals surface area contributed by atoms with Crippen molar-refractivity contribution in [2.24, 2.45) is 11.7 Å². The first kappa shape index (κ1) is 18.5. The molecule has 1 aliphatic heterocycles. The van der Waals surface area contributed by atoms with Crippen molar-refractivity contribution in [3.8, 4) is 17.2 Å². The largest absolute Gasteiger partial charge is 0.496 e. The molecule has 0 bridgehead atoms. The number of ether oxygens (including phenoxy) is 1. The lowest BCUT2D eigenvalue weighted by atomic mass is 9.97. The fraction of sp³-hybridized carbons (Fsp3) is 0.364. The van der Waals surface area contributed by atoms with Crippen molar-refractivity contribution >= 4 is 16.7 Å². The molecule has 0 aliphatic carbocycles. The Morgan fingerprint density at radius 2 is 2.07 bits per heavy atom. The molecular weight excluding hydrogens is 354 g/mol. The molecule has 0 spiro atoms. The van der Waals surface area contributed by atoms with Crippen LogP contribution in [-0.2, 0) is 11.3 Å². The molecule has 146 valence electrons. The van der Waals surface area contributed by atoms with Crippen LogP contribution >= 0.6 is 0 Å². The zero-order chi connectivity index (χ0) is 19.7. The third-order valence-electron chi connectivity index (χ3n) is 5.51. The van der Waals surface area contributed by atoms with Crippen LogP contribution in [0, 0.1) is 12.8 Å². The minimum Gasteiger partial charge on any atom is -0.496 e. The van der Waals surface area contributed by atoms with E-state index in [0.717, 1.165) is 52.9 Å². The molecule has 2 heterocycles. The molecule has 6 nitrogen and oxygen atoms in total. The zero-order valence-electron chi connectivity index (χ0n) is 16.3. The number of rotatable bonds is 5. The normalized spacial score (nSPS) is 17.7. The van der Waals surface area contributed by atoms with Gasteiger partial charge < -0.3 is 14.9 Å². The number of nitrogens with two attached hydrogens (primary N) is 1. The molecule has 6 heteroatoms. The van der Waals surface area contributed by atoms with Crippen molar-refractivity contribution in [2.45, 2.75) is 26.3 Å². The van der Waals surface area contributed by atoms with Gasteiger partial charge >= 0.3 is 0 Å². The SMILES string of the molecule is COc1ccc(-c2nc(CN3CCCC(C(N)=O)C3)c(C)o2)c2ccccc12. The monoisotopic (exact) mass is 379 g/mol. The van der Waals surface area contributed by atoms with Gasteiger partial charge in [-0.2, -0.15) is 0 Å². The maximum absolute atomic E-state index is 11.5. The number of aromatic nitrogens is 1. The first-order chi connectivity index (χ1) is 13.6. The van der Waals surface area contributed by atoms with E-state index in [9.17, 15) is 4.79 Å². The lowest BCUT2D eigenvalue weighted by Crippen LogP contribution is -2.40. The molecule has 2 N–H and O–H groups in total. The summed E-state index contributed by atoms with van der Waals surface area (Å²) in [5.74, 6) is 1.94. The van der Waals surface area contributed by atoms with Gasteiger partial charge in [0.25, 0.3) is 0 Å². The molecule has 1 fully saturated rings. The number of hydrogen-bond donors (Lipinski definition) is 1. The van der Waals surface area contributed by atoms with Gasteiger partial charge in [-0.3, -0.25) is 9.69 Å². The third kappa shape index (κ3) is 3.47. The molecule has 4 rings (SSSR count). The van der Waals surface area contributed by atoms with Gasteiger partial charge in [0.15, 0.2) is 0 Å². The average Bonchev–Trinajstić information content (AvgIpc) is 3.07. The number of hydrogen-bond acceptors (Lipinski definition) is 5. The zero-order valence-corrected chi connectivity index (χ0v) is 16.3. The van der Waals surface area contributed by atoms with E-state index < -0.39 is 0 Å². The second-order valence-electron chi connectivity index (χ2n) is 7.36. The van der Waals surface area contributed by atoms with Crippen molar-refractivity contribution in [2.75, 3.05) is 20.2 Å². The van der Waals surface area contributed by atoms with E-state index in [1.54, 1.807) is 7.11 Å². The molecule has 3 aromatic rings. The van der Waals surface area contributed by atoms with Crippen molar-refractivity contribution < 1.29 is 13.9 Å². The van der Waals surface area contributed by atoms with Gasteiger partial charge in [-0.1, -0.05) is 24.3 Å². The Hall–Kier alpha value is -2.86. The molecular formula is C22H25N3O3. The molecule has 28 heavy (non-hydrogen) atoms. The van der Waals surface area contributed by atoms with E-state index in [4.69, 9.17) is 19.9 Å². The summed E-state index contributed by atoms with van der Waals surface area (Å²) in [6.07, 6.45) is 1.84. The Balaban J connectivity index is 1.64. The van der Waals surface area contributed by atoms with Crippen LogP contribution < -0.4 is 10.5 Å². The summed E-state index contributed by atoms with van der Waals surface area (Å²) in [6.45, 7) is 4.22. The molecule has 1 aliphatic rings. The molecule has 1 saturated heterocycles. The summed E-state index contributed by atoms with van der Waals surface area (Å²) < 4.78 is 11.5. The number of nitrogens with zero attached hydrogens (tertiary/aromatic N) is 2. The highest BCUT2D eigenvalue weighted by Crippen LogP contribution is 2.35. The topological polar surface area (TPSA) is 81.6 Å². The Morgan fingerprint density at radius 3 is 2.82 bits per heavy atom. The van der Waals surface area contributed by atoms with Gasteiger partial charge in [-0.25, -0.2) is 4.98 Å². The lowest BCUT2D eigenvalue weighted by Gasteiger charge is -2.30. The van der Waals surface area contributed by atoms with E-state index in [0.29, 0.717) is 19.0 Å². The van der Waals surface area contributed by atoms with E-state index in [-0.39, 0.29) is 11.8 Å². The standard InChI is InChI=1S/C22H25N3O3/c1-14-19(13-25-11-5-6-15(12-25)21(23)26)24-22(28-14)18-9-10-20(27-2)17-8-4-3-7-16(17)18/h3-4,7-10,15H,5-6,11-13H2,1-2H3,(H2,23,26). The van der Waals surface area contributed by atoms with Crippen molar-refractivity contribution in [1.29, 1.82) is 0 Å². The van der Waals surface area contributed by atoms with Crippen LogP contribution in [-0.4, -0.2) is 36.0 Å². The fourth-order valence-corrected chi connectivity index (χ4v) is 3.97. The number of oxazole rings is 1. The molecule has 2 aromatic carbocycles. The molecule has 1 aromatic heterocycles. The lowest BCUT2D eigenvalue weighted by molar-refractivity contribution is -0.123. The summed E-state index contributed by atoms with van der Waals surface area (Å²) in [4.78, 5) is 18.6. The number of fused-ring (bicyclic) bond motifs is 1. The van der Waals surface area contributed by atoms with Crippen LogP contribution in [0.2, 0.25) is 0 Å². The van der Waals surface area contributed by atoms with Gasteiger partial charge in [-0.05, 0) is 43.8 Å². The van der Waals surface area contributed by atoms with Gasteiger partial charge in [-0.15, -0.1) is 0 Å². The molecule has 0 radical (unpaired) electrons. The minimum atomic E-state index is -0.216. The highest BCUT2D eigenvalue weighted by atomic mass is 16.5. The van der Waals surface area contributed by atoms with Gasteiger partial charge in [0.05, 0.1) is 18.7 Å². The summed E-state index contributed by atoms with van der Waals surface area (Å²) in [5, 5.41) is 2.07. The number of carbonyl (C=O) groups is 1. The second kappa shape index (κ2) is 7.64. The van der Waals surface area contributed by atoms with Crippen LogP contribution in [0.1, 0.15) is 24.3 Å². The Morgan fingerprint density at radius 1 is 1.29 bits per heavy atom. The molecule has 1 unspecified atom stereocenters. The number of piperidine rings is 1.